The van der Waals surface area contributed by atoms with E-state index >= 15 is 0 Å². The van der Waals surface area contributed by atoms with E-state index in [9.17, 15) is 22.8 Å². The molecule has 3 amide bonds. The van der Waals surface area contributed by atoms with Crippen LogP contribution in [-0.2, 0) is 37.2 Å². The summed E-state index contributed by atoms with van der Waals surface area (Å²) in [4.78, 5) is 38.6. The third-order valence-corrected chi connectivity index (χ3v) is 7.64. The van der Waals surface area contributed by atoms with Crippen molar-refractivity contribution in [3.05, 3.63) is 29.3 Å². The number of carbonyl (C=O) groups excluding carboxylic acids is 3. The summed E-state index contributed by atoms with van der Waals surface area (Å²) in [5, 5.41) is 0. The van der Waals surface area contributed by atoms with Gasteiger partial charge in [-0.1, -0.05) is 6.07 Å². The fourth-order valence-electron chi connectivity index (χ4n) is 4.07. The lowest BCUT2D eigenvalue weighted by molar-refractivity contribution is -0.145. The van der Waals surface area contributed by atoms with Gasteiger partial charge < -0.3 is 4.90 Å². The van der Waals surface area contributed by atoms with Crippen molar-refractivity contribution >= 4 is 27.7 Å². The van der Waals surface area contributed by atoms with Crippen LogP contribution in [0.5, 0.6) is 0 Å². The Balaban J connectivity index is 1.39. The molecular formula is C19H23N3O5S. The molecule has 0 atom stereocenters. The topological polar surface area (TPSA) is 95.1 Å². The highest BCUT2D eigenvalue weighted by atomic mass is 32.2. The number of benzene rings is 1. The van der Waals surface area contributed by atoms with E-state index in [1.165, 1.54) is 14.8 Å². The summed E-state index contributed by atoms with van der Waals surface area (Å²) in [5.41, 5.74) is 2.33. The zero-order valence-electron chi connectivity index (χ0n) is 15.6. The van der Waals surface area contributed by atoms with E-state index in [-0.39, 0.29) is 63.3 Å². The first kappa shape index (κ1) is 19.1. The van der Waals surface area contributed by atoms with E-state index in [2.05, 4.69) is 0 Å². The number of aryl methyl sites for hydroxylation is 2. The van der Waals surface area contributed by atoms with Gasteiger partial charge in [-0.25, -0.2) is 8.42 Å². The van der Waals surface area contributed by atoms with E-state index in [1.54, 1.807) is 12.1 Å². The molecule has 0 spiro atoms. The minimum atomic E-state index is -3.60. The SMILES string of the molecule is O=C(CN1C(=O)CCC1=O)N1CCN(S(=O)(=O)c2ccc3c(c2)CCC3)CC1. The summed E-state index contributed by atoms with van der Waals surface area (Å²) in [6.45, 7) is 0.647. The van der Waals surface area contributed by atoms with E-state index < -0.39 is 10.0 Å². The molecule has 2 saturated heterocycles. The molecule has 2 aliphatic heterocycles. The van der Waals surface area contributed by atoms with Gasteiger partial charge in [0, 0.05) is 39.0 Å². The van der Waals surface area contributed by atoms with Gasteiger partial charge in [-0.3, -0.25) is 19.3 Å². The highest BCUT2D eigenvalue weighted by molar-refractivity contribution is 7.89. The van der Waals surface area contributed by atoms with Crippen LogP contribution in [0.4, 0.5) is 0 Å². The Morgan fingerprint density at radius 2 is 1.54 bits per heavy atom. The third-order valence-electron chi connectivity index (χ3n) is 5.75. The van der Waals surface area contributed by atoms with Gasteiger partial charge in [0.25, 0.3) is 0 Å². The molecule has 2 heterocycles. The lowest BCUT2D eigenvalue weighted by Crippen LogP contribution is -2.53. The second-order valence-corrected chi connectivity index (χ2v) is 9.38. The molecule has 1 aliphatic carbocycles. The maximum atomic E-state index is 13.0. The third kappa shape index (κ3) is 3.44. The van der Waals surface area contributed by atoms with Crippen LogP contribution in [0.15, 0.2) is 23.1 Å². The number of nitrogens with zero attached hydrogens (tertiary/aromatic N) is 3. The first-order valence-electron chi connectivity index (χ1n) is 9.59. The number of piperazine rings is 1. The van der Waals surface area contributed by atoms with Crippen molar-refractivity contribution in [3.63, 3.8) is 0 Å². The molecule has 8 nitrogen and oxygen atoms in total. The van der Waals surface area contributed by atoms with Crippen molar-refractivity contribution in [1.29, 1.82) is 0 Å². The standard InChI is InChI=1S/C19H23N3O5S/c23-17-6-7-18(24)22(17)13-19(25)20-8-10-21(11-9-20)28(26,27)16-5-4-14-2-1-3-15(14)12-16/h4-5,12H,1-3,6-11,13H2. The van der Waals surface area contributed by atoms with Crippen LogP contribution in [-0.4, -0.2) is 73.0 Å². The number of carbonyl (C=O) groups is 3. The average Bonchev–Trinajstić information content (AvgIpc) is 3.29. The molecule has 2 fully saturated rings. The number of imide groups is 1. The molecule has 0 radical (unpaired) electrons. The Morgan fingerprint density at radius 1 is 0.893 bits per heavy atom. The number of hydrogen-bond acceptors (Lipinski definition) is 5. The van der Waals surface area contributed by atoms with Crippen LogP contribution in [0.1, 0.15) is 30.4 Å². The zero-order chi connectivity index (χ0) is 19.9. The monoisotopic (exact) mass is 405 g/mol. The van der Waals surface area contributed by atoms with Crippen LogP contribution in [0.3, 0.4) is 0 Å². The molecule has 1 aromatic carbocycles. The predicted molar refractivity (Wildman–Crippen MR) is 99.8 cm³/mol. The minimum absolute atomic E-state index is 0.152. The van der Waals surface area contributed by atoms with Crippen molar-refractivity contribution < 1.29 is 22.8 Å². The van der Waals surface area contributed by atoms with Crippen LogP contribution in [0, 0.1) is 0 Å². The lowest BCUT2D eigenvalue weighted by atomic mass is 10.1. The maximum Gasteiger partial charge on any atom is 0.243 e. The number of amides is 3. The Kier molecular flexibility index (Phi) is 4.96. The molecule has 3 aliphatic rings. The van der Waals surface area contributed by atoms with Crippen LogP contribution < -0.4 is 0 Å². The first-order valence-corrected chi connectivity index (χ1v) is 11.0. The van der Waals surface area contributed by atoms with E-state index in [1.807, 2.05) is 6.07 Å². The van der Waals surface area contributed by atoms with Crippen LogP contribution in [0.25, 0.3) is 0 Å². The lowest BCUT2D eigenvalue weighted by Gasteiger charge is -2.34. The molecule has 0 unspecified atom stereocenters. The maximum absolute atomic E-state index is 13.0. The van der Waals surface area contributed by atoms with E-state index in [4.69, 9.17) is 0 Å². The predicted octanol–water partition coefficient (Wildman–Crippen LogP) is 0.157. The Labute approximate surface area is 164 Å². The number of hydrogen-bond donors (Lipinski definition) is 0. The molecule has 0 N–H and O–H groups in total. The summed E-state index contributed by atoms with van der Waals surface area (Å²) < 4.78 is 27.3. The van der Waals surface area contributed by atoms with Crippen LogP contribution in [0.2, 0.25) is 0 Å². The second-order valence-electron chi connectivity index (χ2n) is 7.44. The number of sulfonamides is 1. The van der Waals surface area contributed by atoms with E-state index in [0.29, 0.717) is 4.90 Å². The van der Waals surface area contributed by atoms with Gasteiger partial charge in [-0.05, 0) is 42.5 Å². The Hall–Kier alpha value is -2.26. The summed E-state index contributed by atoms with van der Waals surface area (Å²) >= 11 is 0. The van der Waals surface area contributed by atoms with E-state index in [0.717, 1.165) is 29.7 Å². The quantitative estimate of drug-likeness (QED) is 0.665. The Morgan fingerprint density at radius 3 is 2.21 bits per heavy atom. The normalized spacial score (nSPS) is 20.7. The van der Waals surface area contributed by atoms with Gasteiger partial charge in [-0.15, -0.1) is 0 Å². The minimum Gasteiger partial charge on any atom is -0.338 e. The van der Waals surface area contributed by atoms with Crippen molar-refractivity contribution in [1.82, 2.24) is 14.1 Å². The number of likely N-dealkylation sites (tertiary alicyclic amines) is 1. The van der Waals surface area contributed by atoms with Crippen molar-refractivity contribution in [2.75, 3.05) is 32.7 Å². The van der Waals surface area contributed by atoms with Gasteiger partial charge in [0.2, 0.25) is 27.7 Å². The first-order chi connectivity index (χ1) is 13.4. The zero-order valence-corrected chi connectivity index (χ0v) is 16.4. The number of fused-ring (bicyclic) bond motifs is 1. The molecule has 0 saturated carbocycles. The molecule has 150 valence electrons. The van der Waals surface area contributed by atoms with Crippen LogP contribution >= 0.6 is 0 Å². The largest absolute Gasteiger partial charge is 0.338 e. The summed E-state index contributed by atoms with van der Waals surface area (Å²) in [7, 11) is -3.60. The fraction of sp³-hybridized carbons (Fsp3) is 0.526. The molecular weight excluding hydrogens is 382 g/mol. The molecule has 28 heavy (non-hydrogen) atoms. The molecule has 1 aromatic rings. The highest BCUT2D eigenvalue weighted by Crippen LogP contribution is 2.26. The second kappa shape index (κ2) is 7.29. The summed E-state index contributed by atoms with van der Waals surface area (Å²) in [6.07, 6.45) is 3.27. The van der Waals surface area contributed by atoms with Gasteiger partial charge in [0.1, 0.15) is 6.54 Å². The van der Waals surface area contributed by atoms with Crippen molar-refractivity contribution in [2.45, 2.75) is 37.0 Å². The molecule has 0 bridgehead atoms. The molecule has 4 rings (SSSR count). The average molecular weight is 405 g/mol. The van der Waals surface area contributed by atoms with Gasteiger partial charge in [-0.2, -0.15) is 4.31 Å². The number of rotatable bonds is 4. The van der Waals surface area contributed by atoms with Crippen molar-refractivity contribution in [2.24, 2.45) is 0 Å². The van der Waals surface area contributed by atoms with Gasteiger partial charge in [0.05, 0.1) is 4.90 Å². The summed E-state index contributed by atoms with van der Waals surface area (Å²) in [5.74, 6) is -0.967. The highest BCUT2D eigenvalue weighted by Gasteiger charge is 2.34. The van der Waals surface area contributed by atoms with Gasteiger partial charge >= 0.3 is 0 Å². The van der Waals surface area contributed by atoms with Gasteiger partial charge in [0.15, 0.2) is 0 Å². The molecule has 9 heteroatoms. The molecule has 0 aromatic heterocycles. The summed E-state index contributed by atoms with van der Waals surface area (Å²) in [6, 6.07) is 5.35. The van der Waals surface area contributed by atoms with Crippen molar-refractivity contribution in [3.8, 4) is 0 Å². The smallest absolute Gasteiger partial charge is 0.243 e. The fourth-order valence-corrected chi connectivity index (χ4v) is 5.54. The Bertz CT molecular complexity index is 919.